The number of pyridine rings is 1. The third kappa shape index (κ3) is 6.44. The SMILES string of the molecule is CC[C@@H](c1nnnn1C[C@@H]1CCCO1)N(CCc1ccc(OC)c(OC)c1)Cc1cc2cc(C)cc(C)c2[nH]c1=O. The number of aromatic nitrogens is 5. The Labute approximate surface area is 240 Å². The predicted molar refractivity (Wildman–Crippen MR) is 158 cm³/mol. The minimum absolute atomic E-state index is 0.0747. The molecule has 5 rings (SSSR count). The first-order chi connectivity index (χ1) is 19.9. The lowest BCUT2D eigenvalue weighted by molar-refractivity contribution is 0.0893. The molecule has 0 radical (unpaired) electrons. The maximum atomic E-state index is 13.4. The Bertz CT molecular complexity index is 1540. The summed E-state index contributed by atoms with van der Waals surface area (Å²) >= 11 is 0. The van der Waals surface area contributed by atoms with E-state index in [2.05, 4.69) is 57.5 Å². The molecule has 2 aromatic heterocycles. The molecular formula is C31H40N6O4. The third-order valence-electron chi connectivity index (χ3n) is 7.97. The minimum atomic E-state index is -0.0964. The molecule has 0 saturated carbocycles. The second kappa shape index (κ2) is 12.8. The number of hydrogen-bond donors (Lipinski definition) is 1. The summed E-state index contributed by atoms with van der Waals surface area (Å²) in [5, 5.41) is 13.9. The number of hydrogen-bond acceptors (Lipinski definition) is 8. The molecule has 1 fully saturated rings. The van der Waals surface area contributed by atoms with Crippen molar-refractivity contribution >= 4 is 10.9 Å². The summed E-state index contributed by atoms with van der Waals surface area (Å²) in [5.41, 5.74) is 4.86. The Morgan fingerprint density at radius 1 is 1.15 bits per heavy atom. The van der Waals surface area contributed by atoms with Crippen LogP contribution in [0.3, 0.4) is 0 Å². The van der Waals surface area contributed by atoms with Crippen molar-refractivity contribution in [3.63, 3.8) is 0 Å². The van der Waals surface area contributed by atoms with Gasteiger partial charge in [-0.15, -0.1) is 5.10 Å². The van der Waals surface area contributed by atoms with Crippen LogP contribution in [-0.4, -0.2) is 63.6 Å². The van der Waals surface area contributed by atoms with Gasteiger partial charge >= 0.3 is 0 Å². The van der Waals surface area contributed by atoms with Crippen molar-refractivity contribution in [2.24, 2.45) is 0 Å². The average molecular weight is 561 g/mol. The van der Waals surface area contributed by atoms with Crippen molar-refractivity contribution in [2.75, 3.05) is 27.4 Å². The van der Waals surface area contributed by atoms with Gasteiger partial charge in [-0.05, 0) is 90.7 Å². The van der Waals surface area contributed by atoms with E-state index in [1.807, 2.05) is 29.8 Å². The van der Waals surface area contributed by atoms with E-state index < -0.39 is 0 Å². The van der Waals surface area contributed by atoms with Gasteiger partial charge in [-0.2, -0.15) is 0 Å². The molecule has 218 valence electrons. The molecule has 0 bridgehead atoms. The minimum Gasteiger partial charge on any atom is -0.493 e. The Kier molecular flexibility index (Phi) is 8.99. The highest BCUT2D eigenvalue weighted by Crippen LogP contribution is 2.30. The fraction of sp³-hybridized carbons (Fsp3) is 0.484. The maximum Gasteiger partial charge on any atom is 0.252 e. The Balaban J connectivity index is 1.48. The van der Waals surface area contributed by atoms with Crippen LogP contribution in [0.1, 0.15) is 60.3 Å². The molecule has 4 aromatic rings. The topological polar surface area (TPSA) is 107 Å². The van der Waals surface area contributed by atoms with Gasteiger partial charge in [0.05, 0.1) is 38.4 Å². The van der Waals surface area contributed by atoms with Crippen LogP contribution < -0.4 is 15.0 Å². The highest BCUT2D eigenvalue weighted by molar-refractivity contribution is 5.82. The first kappa shape index (κ1) is 28.8. The zero-order valence-electron chi connectivity index (χ0n) is 24.6. The van der Waals surface area contributed by atoms with E-state index in [0.29, 0.717) is 36.7 Å². The van der Waals surface area contributed by atoms with Gasteiger partial charge in [0.1, 0.15) is 0 Å². The largest absolute Gasteiger partial charge is 0.493 e. The van der Waals surface area contributed by atoms with Crippen molar-refractivity contribution in [1.82, 2.24) is 30.1 Å². The summed E-state index contributed by atoms with van der Waals surface area (Å²) in [6.07, 6.45) is 3.70. The lowest BCUT2D eigenvalue weighted by Gasteiger charge is -2.30. The Hall–Kier alpha value is -3.76. The molecule has 2 atom stereocenters. The van der Waals surface area contributed by atoms with Crippen LogP contribution in [0.5, 0.6) is 11.5 Å². The highest BCUT2D eigenvalue weighted by Gasteiger charge is 2.28. The van der Waals surface area contributed by atoms with Gasteiger partial charge in [0.25, 0.3) is 5.56 Å². The van der Waals surface area contributed by atoms with Crippen molar-refractivity contribution in [3.05, 3.63) is 74.8 Å². The molecule has 10 heteroatoms. The summed E-state index contributed by atoms with van der Waals surface area (Å²) in [5.74, 6) is 2.18. The molecule has 0 amide bonds. The van der Waals surface area contributed by atoms with Gasteiger partial charge in [-0.25, -0.2) is 4.68 Å². The molecule has 1 N–H and O–H groups in total. The van der Waals surface area contributed by atoms with Crippen LogP contribution in [0, 0.1) is 13.8 Å². The number of nitrogens with one attached hydrogen (secondary N) is 1. The maximum absolute atomic E-state index is 13.4. The van der Waals surface area contributed by atoms with Crippen LogP contribution in [0.2, 0.25) is 0 Å². The Morgan fingerprint density at radius 2 is 1.98 bits per heavy atom. The molecule has 1 aliphatic rings. The normalized spacial score (nSPS) is 16.0. The number of rotatable bonds is 12. The standard InChI is InChI=1S/C31H40N6O4/c1-6-26(30-33-34-35-37(30)19-25-8-7-13-41-25)36(12-11-22-9-10-27(39-4)28(16-22)40-5)18-24-17-23-15-20(2)14-21(3)29(23)32-31(24)38/h9-10,14-17,25-26H,6-8,11-13,18-19H2,1-5H3,(H,32,38)/t25-,26-/m0/s1. The lowest BCUT2D eigenvalue weighted by atomic mass is 10.0. The molecular weight excluding hydrogens is 520 g/mol. The van der Waals surface area contributed by atoms with E-state index in [1.165, 1.54) is 0 Å². The van der Waals surface area contributed by atoms with Gasteiger partial charge in [-0.1, -0.05) is 24.6 Å². The van der Waals surface area contributed by atoms with E-state index in [0.717, 1.165) is 65.7 Å². The van der Waals surface area contributed by atoms with E-state index in [4.69, 9.17) is 14.2 Å². The molecule has 0 spiro atoms. The van der Waals surface area contributed by atoms with Crippen molar-refractivity contribution < 1.29 is 14.2 Å². The Morgan fingerprint density at radius 3 is 2.71 bits per heavy atom. The van der Waals surface area contributed by atoms with E-state index >= 15 is 0 Å². The quantitative estimate of drug-likeness (QED) is 0.270. The highest BCUT2D eigenvalue weighted by atomic mass is 16.5. The van der Waals surface area contributed by atoms with E-state index in [1.54, 1.807) is 14.2 Å². The van der Waals surface area contributed by atoms with Crippen LogP contribution in [-0.2, 0) is 24.2 Å². The lowest BCUT2D eigenvalue weighted by Crippen LogP contribution is -2.34. The number of aryl methyl sites for hydroxylation is 2. The summed E-state index contributed by atoms with van der Waals surface area (Å²) in [4.78, 5) is 18.8. The van der Waals surface area contributed by atoms with Gasteiger partial charge in [0, 0.05) is 25.3 Å². The summed E-state index contributed by atoms with van der Waals surface area (Å²) in [6.45, 7) is 8.78. The number of nitrogens with zero attached hydrogens (tertiary/aromatic N) is 5. The molecule has 41 heavy (non-hydrogen) atoms. The zero-order chi connectivity index (χ0) is 28.9. The average Bonchev–Trinajstić information content (AvgIpc) is 3.65. The van der Waals surface area contributed by atoms with Crippen LogP contribution in [0.25, 0.3) is 10.9 Å². The van der Waals surface area contributed by atoms with Gasteiger partial charge < -0.3 is 19.2 Å². The summed E-state index contributed by atoms with van der Waals surface area (Å²) in [6, 6.07) is 12.1. The zero-order valence-corrected chi connectivity index (χ0v) is 24.6. The van der Waals surface area contributed by atoms with Crippen molar-refractivity contribution in [3.8, 4) is 11.5 Å². The number of methoxy groups -OCH3 is 2. The molecule has 0 aliphatic carbocycles. The fourth-order valence-electron chi connectivity index (χ4n) is 5.89. The summed E-state index contributed by atoms with van der Waals surface area (Å²) < 4.78 is 18.7. The number of benzene rings is 2. The molecule has 1 saturated heterocycles. The second-order valence-corrected chi connectivity index (χ2v) is 10.9. The summed E-state index contributed by atoms with van der Waals surface area (Å²) in [7, 11) is 3.28. The molecule has 10 nitrogen and oxygen atoms in total. The van der Waals surface area contributed by atoms with E-state index in [9.17, 15) is 4.79 Å². The van der Waals surface area contributed by atoms with E-state index in [-0.39, 0.29) is 17.7 Å². The monoisotopic (exact) mass is 560 g/mol. The van der Waals surface area contributed by atoms with Crippen molar-refractivity contribution in [1.29, 1.82) is 0 Å². The smallest absolute Gasteiger partial charge is 0.252 e. The van der Waals surface area contributed by atoms with Crippen molar-refractivity contribution in [2.45, 2.75) is 71.7 Å². The molecule has 3 heterocycles. The first-order valence-corrected chi connectivity index (χ1v) is 14.4. The molecule has 0 unspecified atom stereocenters. The van der Waals surface area contributed by atoms with Crippen LogP contribution in [0.4, 0.5) is 0 Å². The first-order valence-electron chi connectivity index (χ1n) is 14.4. The van der Waals surface area contributed by atoms with Gasteiger partial charge in [0.2, 0.25) is 0 Å². The number of ether oxygens (including phenoxy) is 3. The molecule has 1 aliphatic heterocycles. The van der Waals surface area contributed by atoms with Gasteiger partial charge in [0.15, 0.2) is 17.3 Å². The predicted octanol–water partition coefficient (Wildman–Crippen LogP) is 4.52. The number of tetrazole rings is 1. The molecule has 2 aromatic carbocycles. The fourth-order valence-corrected chi connectivity index (χ4v) is 5.89. The second-order valence-electron chi connectivity index (χ2n) is 10.9. The number of aromatic amines is 1. The third-order valence-corrected chi connectivity index (χ3v) is 7.97. The number of H-pyrrole nitrogens is 1. The van der Waals surface area contributed by atoms with Crippen LogP contribution in [0.15, 0.2) is 41.2 Å². The van der Waals surface area contributed by atoms with Gasteiger partial charge in [-0.3, -0.25) is 9.69 Å². The van der Waals surface area contributed by atoms with Crippen LogP contribution >= 0.6 is 0 Å². The number of fused-ring (bicyclic) bond motifs is 1.